The van der Waals surface area contributed by atoms with Crippen molar-refractivity contribution in [1.82, 2.24) is 20.0 Å². The SMILES string of the molecule is CCOC(=O)c1ccc2nnnn2c1. The molecular formula is C8H8N4O2. The van der Waals surface area contributed by atoms with Crippen molar-refractivity contribution in [3.8, 4) is 0 Å². The maximum atomic E-state index is 11.3. The summed E-state index contributed by atoms with van der Waals surface area (Å²) in [6.45, 7) is 2.11. The lowest BCUT2D eigenvalue weighted by atomic mass is 10.3. The minimum Gasteiger partial charge on any atom is -0.462 e. The van der Waals surface area contributed by atoms with Crippen LogP contribution in [0, 0.1) is 0 Å². The summed E-state index contributed by atoms with van der Waals surface area (Å²) in [5.74, 6) is -0.370. The van der Waals surface area contributed by atoms with Gasteiger partial charge in [0.25, 0.3) is 0 Å². The molecule has 0 saturated heterocycles. The van der Waals surface area contributed by atoms with Gasteiger partial charge in [-0.05, 0) is 29.5 Å². The van der Waals surface area contributed by atoms with Gasteiger partial charge in [-0.25, -0.2) is 4.79 Å². The van der Waals surface area contributed by atoms with Gasteiger partial charge in [-0.2, -0.15) is 4.52 Å². The number of ether oxygens (including phenoxy) is 1. The molecule has 0 aliphatic carbocycles. The monoisotopic (exact) mass is 192 g/mol. The van der Waals surface area contributed by atoms with Gasteiger partial charge >= 0.3 is 5.97 Å². The fourth-order valence-corrected chi connectivity index (χ4v) is 1.08. The third kappa shape index (κ3) is 1.41. The van der Waals surface area contributed by atoms with E-state index in [2.05, 4.69) is 15.5 Å². The number of tetrazole rings is 1. The van der Waals surface area contributed by atoms with Crippen molar-refractivity contribution in [3.63, 3.8) is 0 Å². The maximum absolute atomic E-state index is 11.3. The molecule has 0 atom stereocenters. The topological polar surface area (TPSA) is 69.4 Å². The van der Waals surface area contributed by atoms with E-state index in [9.17, 15) is 4.79 Å². The van der Waals surface area contributed by atoms with E-state index in [1.807, 2.05) is 0 Å². The minimum absolute atomic E-state index is 0.354. The second-order valence-electron chi connectivity index (χ2n) is 2.62. The first-order valence-corrected chi connectivity index (χ1v) is 4.16. The Bertz CT molecular complexity index is 465. The van der Waals surface area contributed by atoms with Crippen LogP contribution < -0.4 is 0 Å². The summed E-state index contributed by atoms with van der Waals surface area (Å²) in [6.07, 6.45) is 1.54. The molecule has 0 N–H and O–H groups in total. The van der Waals surface area contributed by atoms with Crippen molar-refractivity contribution < 1.29 is 9.53 Å². The summed E-state index contributed by atoms with van der Waals surface area (Å²) < 4.78 is 6.26. The van der Waals surface area contributed by atoms with E-state index in [1.165, 1.54) is 10.7 Å². The number of esters is 1. The third-order valence-electron chi connectivity index (χ3n) is 1.70. The highest BCUT2D eigenvalue weighted by atomic mass is 16.5. The van der Waals surface area contributed by atoms with E-state index in [4.69, 9.17) is 4.74 Å². The molecule has 0 radical (unpaired) electrons. The number of fused-ring (bicyclic) bond motifs is 1. The molecule has 2 aromatic rings. The number of carbonyl (C=O) groups is 1. The lowest BCUT2D eigenvalue weighted by Crippen LogP contribution is -2.05. The maximum Gasteiger partial charge on any atom is 0.339 e. The average Bonchev–Trinajstić information content (AvgIpc) is 2.64. The highest BCUT2D eigenvalue weighted by Gasteiger charge is 2.07. The lowest BCUT2D eigenvalue weighted by molar-refractivity contribution is 0.0525. The third-order valence-corrected chi connectivity index (χ3v) is 1.70. The van der Waals surface area contributed by atoms with E-state index in [0.717, 1.165) is 0 Å². The van der Waals surface area contributed by atoms with Gasteiger partial charge in [0.05, 0.1) is 12.2 Å². The molecule has 14 heavy (non-hydrogen) atoms. The van der Waals surface area contributed by atoms with Gasteiger partial charge in [-0.3, -0.25) is 0 Å². The zero-order valence-corrected chi connectivity index (χ0v) is 7.54. The molecule has 0 fully saturated rings. The summed E-state index contributed by atoms with van der Waals surface area (Å²) in [5, 5.41) is 10.8. The van der Waals surface area contributed by atoms with Crippen molar-refractivity contribution >= 4 is 11.6 Å². The van der Waals surface area contributed by atoms with E-state index in [0.29, 0.717) is 17.8 Å². The lowest BCUT2D eigenvalue weighted by Gasteiger charge is -2.00. The average molecular weight is 192 g/mol. The molecule has 0 bridgehead atoms. The Hall–Kier alpha value is -1.98. The van der Waals surface area contributed by atoms with Crippen molar-refractivity contribution in [1.29, 1.82) is 0 Å². The number of carbonyl (C=O) groups excluding carboxylic acids is 1. The Balaban J connectivity index is 2.38. The predicted molar refractivity (Wildman–Crippen MR) is 46.7 cm³/mol. The molecule has 0 aliphatic heterocycles. The Labute approximate surface area is 79.5 Å². The molecule has 0 amide bonds. The van der Waals surface area contributed by atoms with Crippen LogP contribution in [0.25, 0.3) is 5.65 Å². The van der Waals surface area contributed by atoms with Crippen LogP contribution >= 0.6 is 0 Å². The Morgan fingerprint density at radius 3 is 3.21 bits per heavy atom. The predicted octanol–water partition coefficient (Wildman–Crippen LogP) is 0.301. The molecule has 6 heteroatoms. The fourth-order valence-electron chi connectivity index (χ4n) is 1.08. The standard InChI is InChI=1S/C8H8N4O2/c1-2-14-8(13)6-3-4-7-9-10-11-12(7)5-6/h3-5H,2H2,1H3. The summed E-state index contributed by atoms with van der Waals surface area (Å²) >= 11 is 0. The van der Waals surface area contributed by atoms with Crippen LogP contribution in [0.3, 0.4) is 0 Å². The quantitative estimate of drug-likeness (QED) is 0.640. The van der Waals surface area contributed by atoms with Crippen LogP contribution in [0.15, 0.2) is 18.3 Å². The Morgan fingerprint density at radius 2 is 2.43 bits per heavy atom. The van der Waals surface area contributed by atoms with Gasteiger partial charge < -0.3 is 4.74 Å². The smallest absolute Gasteiger partial charge is 0.339 e. The van der Waals surface area contributed by atoms with E-state index in [-0.39, 0.29) is 5.97 Å². The Kier molecular flexibility index (Phi) is 2.10. The van der Waals surface area contributed by atoms with Crippen LogP contribution in [0.5, 0.6) is 0 Å². The zero-order valence-electron chi connectivity index (χ0n) is 7.54. The van der Waals surface area contributed by atoms with E-state index >= 15 is 0 Å². The first-order valence-electron chi connectivity index (χ1n) is 4.16. The number of nitrogens with zero attached hydrogens (tertiary/aromatic N) is 4. The van der Waals surface area contributed by atoms with Crippen molar-refractivity contribution in [2.45, 2.75) is 6.92 Å². The molecule has 0 spiro atoms. The van der Waals surface area contributed by atoms with Crippen molar-refractivity contribution in [2.75, 3.05) is 6.61 Å². The number of hydrogen-bond acceptors (Lipinski definition) is 5. The fraction of sp³-hybridized carbons (Fsp3) is 0.250. The number of aromatic nitrogens is 4. The van der Waals surface area contributed by atoms with Gasteiger partial charge in [-0.1, -0.05) is 0 Å². The van der Waals surface area contributed by atoms with Gasteiger partial charge in [0.15, 0.2) is 5.65 Å². The van der Waals surface area contributed by atoms with Crippen LogP contribution in [0.4, 0.5) is 0 Å². The second kappa shape index (κ2) is 3.41. The highest BCUT2D eigenvalue weighted by molar-refractivity contribution is 5.89. The van der Waals surface area contributed by atoms with E-state index < -0.39 is 0 Å². The summed E-state index contributed by atoms with van der Waals surface area (Å²) in [5.41, 5.74) is 1.03. The second-order valence-corrected chi connectivity index (χ2v) is 2.62. The molecule has 6 nitrogen and oxygen atoms in total. The van der Waals surface area contributed by atoms with Crippen LogP contribution in [0.1, 0.15) is 17.3 Å². The molecule has 0 saturated carbocycles. The largest absolute Gasteiger partial charge is 0.462 e. The molecule has 2 heterocycles. The number of pyridine rings is 1. The summed E-state index contributed by atoms with van der Waals surface area (Å²) in [4.78, 5) is 11.3. The Morgan fingerprint density at radius 1 is 1.57 bits per heavy atom. The van der Waals surface area contributed by atoms with Crippen LogP contribution in [0.2, 0.25) is 0 Å². The molecular weight excluding hydrogens is 184 g/mol. The van der Waals surface area contributed by atoms with Gasteiger partial charge in [-0.15, -0.1) is 5.10 Å². The molecule has 0 aromatic carbocycles. The van der Waals surface area contributed by atoms with Gasteiger partial charge in [0.2, 0.25) is 0 Å². The van der Waals surface area contributed by atoms with Crippen LogP contribution in [-0.2, 0) is 4.74 Å². The van der Waals surface area contributed by atoms with Crippen LogP contribution in [-0.4, -0.2) is 32.6 Å². The van der Waals surface area contributed by atoms with Gasteiger partial charge in [0, 0.05) is 6.20 Å². The van der Waals surface area contributed by atoms with E-state index in [1.54, 1.807) is 19.1 Å². The first kappa shape index (κ1) is 8.61. The molecule has 2 rings (SSSR count). The minimum atomic E-state index is -0.370. The molecule has 72 valence electrons. The number of hydrogen-bond donors (Lipinski definition) is 0. The number of rotatable bonds is 2. The van der Waals surface area contributed by atoms with Crippen molar-refractivity contribution in [3.05, 3.63) is 23.9 Å². The summed E-state index contributed by atoms with van der Waals surface area (Å²) in [7, 11) is 0. The first-order chi connectivity index (χ1) is 6.81. The van der Waals surface area contributed by atoms with Gasteiger partial charge in [0.1, 0.15) is 0 Å². The highest BCUT2D eigenvalue weighted by Crippen LogP contribution is 2.03. The van der Waals surface area contributed by atoms with Crippen molar-refractivity contribution in [2.24, 2.45) is 0 Å². The zero-order chi connectivity index (χ0) is 9.97. The summed E-state index contributed by atoms with van der Waals surface area (Å²) in [6, 6.07) is 3.29. The molecule has 0 aliphatic rings. The normalized spacial score (nSPS) is 10.4. The molecule has 2 aromatic heterocycles. The molecule has 0 unspecified atom stereocenters.